The Morgan fingerprint density at radius 2 is 1.78 bits per heavy atom. The number of hydrogen-bond donors (Lipinski definition) is 1. The van der Waals surface area contributed by atoms with Crippen molar-refractivity contribution in [3.8, 4) is 11.1 Å². The molecule has 0 radical (unpaired) electrons. The number of hydrogen-bond acceptors (Lipinski definition) is 8. The number of nitrogens with zero attached hydrogens (tertiary/aromatic N) is 5. The predicted octanol–water partition coefficient (Wildman–Crippen LogP) is 8.30. The molecule has 1 aliphatic rings. The number of piperidine rings is 1. The zero-order valence-corrected chi connectivity index (χ0v) is 27.9. The third-order valence-corrected chi connectivity index (χ3v) is 8.92. The molecule has 1 atom stereocenters. The highest BCUT2D eigenvalue weighted by Crippen LogP contribution is 2.45. The second-order valence-corrected chi connectivity index (χ2v) is 14.2. The lowest BCUT2D eigenvalue weighted by molar-refractivity contribution is -0.160. The molecule has 0 bridgehead atoms. The zero-order valence-electron chi connectivity index (χ0n) is 27.2. The molecule has 4 heterocycles. The molecule has 5 aromatic rings. The van der Waals surface area contributed by atoms with Gasteiger partial charge in [-0.05, 0) is 62.3 Å². The van der Waals surface area contributed by atoms with E-state index in [1.165, 1.54) is 0 Å². The fourth-order valence-corrected chi connectivity index (χ4v) is 6.36. The first kappa shape index (κ1) is 31.8. The normalized spacial score (nSPS) is 15.8. The van der Waals surface area contributed by atoms with Crippen molar-refractivity contribution < 1.29 is 19.1 Å². The zero-order chi connectivity index (χ0) is 32.8. The van der Waals surface area contributed by atoms with Gasteiger partial charge in [0.1, 0.15) is 22.6 Å². The number of furan rings is 1. The molecule has 0 spiro atoms. The van der Waals surface area contributed by atoms with Crippen molar-refractivity contribution in [1.29, 1.82) is 0 Å². The Kier molecular flexibility index (Phi) is 8.42. The van der Waals surface area contributed by atoms with Crippen molar-refractivity contribution in [3.63, 3.8) is 0 Å². The molecule has 1 fully saturated rings. The molecule has 0 aliphatic carbocycles. The van der Waals surface area contributed by atoms with Crippen LogP contribution in [0, 0.1) is 5.41 Å². The van der Waals surface area contributed by atoms with Crippen LogP contribution in [0.25, 0.3) is 33.2 Å². The maximum absolute atomic E-state index is 12.7. The van der Waals surface area contributed by atoms with Gasteiger partial charge in [0.05, 0.1) is 16.9 Å². The molecule has 9 nitrogen and oxygen atoms in total. The molecule has 2 aromatic carbocycles. The maximum Gasteiger partial charge on any atom is 0.337 e. The molecule has 3 aromatic heterocycles. The van der Waals surface area contributed by atoms with Gasteiger partial charge in [-0.3, -0.25) is 0 Å². The number of carboxylic acids is 1. The van der Waals surface area contributed by atoms with E-state index in [0.29, 0.717) is 23.5 Å². The van der Waals surface area contributed by atoms with Crippen molar-refractivity contribution in [2.45, 2.75) is 65.7 Å². The molecule has 0 amide bonds. The SMILES string of the molecule is CN(Cc1ccc(-c2cnc(Cl)c(C(OC(C)(C)C)C(=O)O)c2N2CCC(C)(C)CC2)cc1)c1ncnc2c1oc1ccccc12. The van der Waals surface area contributed by atoms with Crippen LogP contribution in [0.5, 0.6) is 0 Å². The summed E-state index contributed by atoms with van der Waals surface area (Å²) in [5, 5.41) is 11.5. The Bertz CT molecular complexity index is 1890. The van der Waals surface area contributed by atoms with Gasteiger partial charge in [-0.25, -0.2) is 19.7 Å². The monoisotopic (exact) mass is 641 g/mol. The van der Waals surface area contributed by atoms with E-state index in [1.54, 1.807) is 12.5 Å². The third-order valence-electron chi connectivity index (χ3n) is 8.62. The van der Waals surface area contributed by atoms with Crippen molar-refractivity contribution in [2.24, 2.45) is 5.41 Å². The van der Waals surface area contributed by atoms with Crippen LogP contribution in [-0.2, 0) is 16.1 Å². The van der Waals surface area contributed by atoms with Crippen molar-refractivity contribution in [1.82, 2.24) is 15.0 Å². The first-order chi connectivity index (χ1) is 21.8. The van der Waals surface area contributed by atoms with Gasteiger partial charge < -0.3 is 24.1 Å². The summed E-state index contributed by atoms with van der Waals surface area (Å²) in [6.45, 7) is 12.2. The minimum Gasteiger partial charge on any atom is -0.479 e. The number of carboxylic acid groups (broad SMARTS) is 1. The van der Waals surface area contributed by atoms with Crippen LogP contribution in [0.15, 0.2) is 65.5 Å². The van der Waals surface area contributed by atoms with Gasteiger partial charge in [0.2, 0.25) is 0 Å². The van der Waals surface area contributed by atoms with Gasteiger partial charge in [-0.2, -0.15) is 0 Å². The predicted molar refractivity (Wildman–Crippen MR) is 183 cm³/mol. The summed E-state index contributed by atoms with van der Waals surface area (Å²) in [7, 11) is 1.98. The number of para-hydroxylation sites is 1. The lowest BCUT2D eigenvalue weighted by Crippen LogP contribution is -2.39. The second kappa shape index (κ2) is 12.2. The molecular weight excluding hydrogens is 602 g/mol. The van der Waals surface area contributed by atoms with E-state index in [4.69, 9.17) is 20.8 Å². The number of anilines is 2. The Balaban J connectivity index is 1.36. The molecule has 0 saturated carbocycles. The Morgan fingerprint density at radius 3 is 2.46 bits per heavy atom. The van der Waals surface area contributed by atoms with Crippen LogP contribution in [0.2, 0.25) is 5.15 Å². The number of aromatic nitrogens is 3. The summed E-state index contributed by atoms with van der Waals surface area (Å²) in [5.41, 5.74) is 5.67. The fourth-order valence-electron chi connectivity index (χ4n) is 6.12. The van der Waals surface area contributed by atoms with E-state index in [2.05, 4.69) is 45.8 Å². The number of benzene rings is 2. The molecule has 6 rings (SSSR count). The number of pyridine rings is 1. The quantitative estimate of drug-likeness (QED) is 0.168. The molecule has 46 heavy (non-hydrogen) atoms. The molecule has 1 saturated heterocycles. The van der Waals surface area contributed by atoms with E-state index in [9.17, 15) is 9.90 Å². The molecular formula is C36H40ClN5O4. The highest BCUT2D eigenvalue weighted by Gasteiger charge is 2.36. The molecule has 1 unspecified atom stereocenters. The van der Waals surface area contributed by atoms with Crippen LogP contribution in [0.4, 0.5) is 11.5 Å². The van der Waals surface area contributed by atoms with E-state index in [-0.39, 0.29) is 10.6 Å². The average molecular weight is 642 g/mol. The summed E-state index contributed by atoms with van der Waals surface area (Å²) in [6.07, 6.45) is 3.98. The van der Waals surface area contributed by atoms with Crippen LogP contribution in [0.1, 0.15) is 64.7 Å². The van der Waals surface area contributed by atoms with Crippen molar-refractivity contribution in [2.75, 3.05) is 29.9 Å². The number of halogens is 1. The number of rotatable bonds is 8. The van der Waals surface area contributed by atoms with Gasteiger partial charge in [-0.15, -0.1) is 0 Å². The van der Waals surface area contributed by atoms with Gasteiger partial charge >= 0.3 is 5.97 Å². The molecule has 10 heteroatoms. The lowest BCUT2D eigenvalue weighted by Gasteiger charge is -2.40. The topological polar surface area (TPSA) is 105 Å². The van der Waals surface area contributed by atoms with Gasteiger partial charge in [0.25, 0.3) is 0 Å². The molecule has 1 aliphatic heterocycles. The van der Waals surface area contributed by atoms with Crippen LogP contribution in [0.3, 0.4) is 0 Å². The Labute approximate surface area is 274 Å². The van der Waals surface area contributed by atoms with E-state index < -0.39 is 17.7 Å². The largest absolute Gasteiger partial charge is 0.479 e. The molecule has 1 N–H and O–H groups in total. The number of aliphatic carboxylic acids is 1. The van der Waals surface area contributed by atoms with Gasteiger partial charge in [0, 0.05) is 43.8 Å². The average Bonchev–Trinajstić information content (AvgIpc) is 3.39. The van der Waals surface area contributed by atoms with Crippen molar-refractivity contribution >= 4 is 51.1 Å². The molecule has 240 valence electrons. The summed E-state index contributed by atoms with van der Waals surface area (Å²) in [6, 6.07) is 16.1. The first-order valence-corrected chi connectivity index (χ1v) is 16.0. The first-order valence-electron chi connectivity index (χ1n) is 15.6. The summed E-state index contributed by atoms with van der Waals surface area (Å²) in [4.78, 5) is 30.5. The van der Waals surface area contributed by atoms with E-state index in [0.717, 1.165) is 64.8 Å². The highest BCUT2D eigenvalue weighted by molar-refractivity contribution is 6.31. The van der Waals surface area contributed by atoms with E-state index >= 15 is 0 Å². The second-order valence-electron chi connectivity index (χ2n) is 13.9. The van der Waals surface area contributed by atoms with Crippen LogP contribution < -0.4 is 9.80 Å². The smallest absolute Gasteiger partial charge is 0.337 e. The Hall–Kier alpha value is -4.21. The standard InChI is InChI=1S/C36H40ClN5O4/c1-35(2,3)46-30(34(43)44)27-29(42-17-15-36(4,5)16-18-42)25(19-38-32(27)37)23-13-11-22(12-14-23)20-41(6)33-31-28(39-21-40-33)24-9-7-8-10-26(24)45-31/h7-14,19,21,30H,15-18,20H2,1-6H3,(H,43,44). The minimum atomic E-state index is -1.28. The summed E-state index contributed by atoms with van der Waals surface area (Å²) < 4.78 is 12.3. The highest BCUT2D eigenvalue weighted by atomic mass is 35.5. The van der Waals surface area contributed by atoms with E-state index in [1.807, 2.05) is 69.1 Å². The van der Waals surface area contributed by atoms with Gasteiger partial charge in [0.15, 0.2) is 17.5 Å². The van der Waals surface area contributed by atoms with Crippen LogP contribution >= 0.6 is 11.6 Å². The number of carbonyl (C=O) groups is 1. The summed E-state index contributed by atoms with van der Waals surface area (Å²) in [5.74, 6) is -0.387. The lowest BCUT2D eigenvalue weighted by atomic mass is 9.82. The minimum absolute atomic E-state index is 0.139. The van der Waals surface area contributed by atoms with Crippen molar-refractivity contribution in [3.05, 3.63) is 77.3 Å². The van der Waals surface area contributed by atoms with Gasteiger partial charge in [-0.1, -0.05) is 61.8 Å². The van der Waals surface area contributed by atoms with Crippen LogP contribution in [-0.4, -0.2) is 51.8 Å². The maximum atomic E-state index is 12.7. The third kappa shape index (κ3) is 6.39. The summed E-state index contributed by atoms with van der Waals surface area (Å²) >= 11 is 6.74. The number of fused-ring (bicyclic) bond motifs is 3. The number of ether oxygens (including phenoxy) is 1. The Morgan fingerprint density at radius 1 is 1.09 bits per heavy atom. The fraction of sp³-hybridized carbons (Fsp3) is 0.389.